The molecule has 0 spiro atoms. The molecule has 1 aliphatic carbocycles. The Bertz CT molecular complexity index is 763. The van der Waals surface area contributed by atoms with Crippen molar-refractivity contribution in [2.45, 2.75) is 70.4 Å². The summed E-state index contributed by atoms with van der Waals surface area (Å²) in [6.45, 7) is 0.970. The van der Waals surface area contributed by atoms with E-state index in [1.165, 1.54) is 38.5 Å². The predicted octanol–water partition coefficient (Wildman–Crippen LogP) is 4.13. The molecule has 26 heavy (non-hydrogen) atoms. The summed E-state index contributed by atoms with van der Waals surface area (Å²) >= 11 is 0. The second kappa shape index (κ2) is 7.89. The summed E-state index contributed by atoms with van der Waals surface area (Å²) in [6, 6.07) is 8.09. The van der Waals surface area contributed by atoms with Gasteiger partial charge in [0.2, 0.25) is 0 Å². The molecule has 4 rings (SSSR count). The van der Waals surface area contributed by atoms with Gasteiger partial charge in [-0.25, -0.2) is 4.79 Å². The number of rotatable bonds is 3. The number of hydrogen-bond donors (Lipinski definition) is 2. The average Bonchev–Trinajstić information content (AvgIpc) is 2.91. The normalized spacial score (nSPS) is 18.0. The Morgan fingerprint density at radius 2 is 1.88 bits per heavy atom. The average molecular weight is 353 g/mol. The number of nitrogens with one attached hydrogen (secondary N) is 2. The minimum atomic E-state index is -0.117. The molecule has 0 radical (unpaired) electrons. The second-order valence-corrected chi connectivity index (χ2v) is 7.42. The van der Waals surface area contributed by atoms with E-state index in [2.05, 4.69) is 25.4 Å². The molecule has 2 heterocycles. The van der Waals surface area contributed by atoms with E-state index in [0.717, 1.165) is 48.7 Å². The quantitative estimate of drug-likeness (QED) is 0.871. The molecule has 2 N–H and O–H groups in total. The van der Waals surface area contributed by atoms with Gasteiger partial charge in [-0.2, -0.15) is 0 Å². The van der Waals surface area contributed by atoms with Gasteiger partial charge in [0.15, 0.2) is 5.82 Å². The van der Waals surface area contributed by atoms with Crippen LogP contribution in [0.1, 0.15) is 57.2 Å². The number of nitrogens with zero attached hydrogens (tertiary/aromatic N) is 3. The van der Waals surface area contributed by atoms with Crippen LogP contribution < -0.4 is 10.6 Å². The molecule has 2 aromatic rings. The third-order valence-electron chi connectivity index (χ3n) is 5.43. The lowest BCUT2D eigenvalue weighted by molar-refractivity contribution is 0.244. The zero-order chi connectivity index (χ0) is 17.8. The first kappa shape index (κ1) is 17.1. The van der Waals surface area contributed by atoms with Crippen LogP contribution in [-0.4, -0.2) is 26.8 Å². The molecule has 138 valence electrons. The number of carbonyl (C=O) groups is 1. The molecule has 0 unspecified atom stereocenters. The Labute approximate surface area is 154 Å². The largest absolute Gasteiger partial charge is 0.335 e. The first-order chi connectivity index (χ1) is 12.8. The monoisotopic (exact) mass is 353 g/mol. The van der Waals surface area contributed by atoms with E-state index >= 15 is 0 Å². The number of amides is 2. The van der Waals surface area contributed by atoms with E-state index in [0.29, 0.717) is 6.04 Å². The van der Waals surface area contributed by atoms with Gasteiger partial charge in [0, 0.05) is 30.3 Å². The molecular weight excluding hydrogens is 326 g/mol. The van der Waals surface area contributed by atoms with Crippen molar-refractivity contribution < 1.29 is 4.79 Å². The van der Waals surface area contributed by atoms with Gasteiger partial charge >= 0.3 is 6.03 Å². The third kappa shape index (κ3) is 3.89. The molecule has 2 aliphatic rings. The minimum absolute atomic E-state index is 0.117. The SMILES string of the molecule is O=C(Nc1cccc(-c2nnc3n2CCCCC3)c1)NC1CCCCC1. The zero-order valence-electron chi connectivity index (χ0n) is 15.2. The van der Waals surface area contributed by atoms with Crippen LogP contribution in [0, 0.1) is 0 Å². The number of urea groups is 1. The number of fused-ring (bicyclic) bond motifs is 1. The summed E-state index contributed by atoms with van der Waals surface area (Å²) in [7, 11) is 0. The van der Waals surface area contributed by atoms with E-state index < -0.39 is 0 Å². The van der Waals surface area contributed by atoms with Crippen molar-refractivity contribution in [1.82, 2.24) is 20.1 Å². The van der Waals surface area contributed by atoms with Crippen molar-refractivity contribution in [3.63, 3.8) is 0 Å². The highest BCUT2D eigenvalue weighted by Gasteiger charge is 2.18. The van der Waals surface area contributed by atoms with Crippen molar-refractivity contribution in [2.75, 3.05) is 5.32 Å². The summed E-state index contributed by atoms with van der Waals surface area (Å²) in [5, 5.41) is 14.9. The van der Waals surface area contributed by atoms with Gasteiger partial charge in [-0.1, -0.05) is 37.8 Å². The molecule has 1 saturated carbocycles. The number of carbonyl (C=O) groups excluding carboxylic acids is 1. The Hall–Kier alpha value is -2.37. The number of benzene rings is 1. The molecule has 2 amide bonds. The number of aryl methyl sites for hydroxylation is 1. The van der Waals surface area contributed by atoms with E-state index in [-0.39, 0.29) is 6.03 Å². The highest BCUT2D eigenvalue weighted by Crippen LogP contribution is 2.25. The van der Waals surface area contributed by atoms with E-state index in [4.69, 9.17) is 0 Å². The third-order valence-corrected chi connectivity index (χ3v) is 5.43. The molecule has 1 aliphatic heterocycles. The number of aromatic nitrogens is 3. The van der Waals surface area contributed by atoms with Gasteiger partial charge < -0.3 is 15.2 Å². The molecule has 0 bridgehead atoms. The van der Waals surface area contributed by atoms with Crippen LogP contribution in [-0.2, 0) is 13.0 Å². The van der Waals surface area contributed by atoms with E-state index in [1.807, 2.05) is 24.3 Å². The van der Waals surface area contributed by atoms with Gasteiger partial charge in [0.25, 0.3) is 0 Å². The van der Waals surface area contributed by atoms with Gasteiger partial charge in [-0.15, -0.1) is 10.2 Å². The summed E-state index contributed by atoms with van der Waals surface area (Å²) in [5.74, 6) is 1.98. The van der Waals surface area contributed by atoms with Gasteiger partial charge in [-0.05, 0) is 37.8 Å². The summed E-state index contributed by atoms with van der Waals surface area (Å²) in [6.07, 6.45) is 10.4. The topological polar surface area (TPSA) is 71.8 Å². The first-order valence-electron chi connectivity index (χ1n) is 9.89. The lowest BCUT2D eigenvalue weighted by Gasteiger charge is -2.22. The molecule has 1 aromatic heterocycles. The van der Waals surface area contributed by atoms with Gasteiger partial charge in [-0.3, -0.25) is 0 Å². The molecule has 0 saturated heterocycles. The molecule has 1 fully saturated rings. The van der Waals surface area contributed by atoms with E-state index in [9.17, 15) is 4.79 Å². The molecule has 6 heteroatoms. The van der Waals surface area contributed by atoms with E-state index in [1.54, 1.807) is 0 Å². The maximum absolute atomic E-state index is 12.3. The fraction of sp³-hybridized carbons (Fsp3) is 0.550. The zero-order valence-corrected chi connectivity index (χ0v) is 15.2. The molecule has 1 aromatic carbocycles. The number of anilines is 1. The maximum Gasteiger partial charge on any atom is 0.319 e. The second-order valence-electron chi connectivity index (χ2n) is 7.42. The highest BCUT2D eigenvalue weighted by molar-refractivity contribution is 5.90. The van der Waals surface area contributed by atoms with Crippen molar-refractivity contribution in [3.05, 3.63) is 30.1 Å². The smallest absolute Gasteiger partial charge is 0.319 e. The van der Waals surface area contributed by atoms with Crippen LogP contribution in [0.3, 0.4) is 0 Å². The van der Waals surface area contributed by atoms with Gasteiger partial charge in [0.1, 0.15) is 5.82 Å². The Morgan fingerprint density at radius 3 is 2.77 bits per heavy atom. The summed E-state index contributed by atoms with van der Waals surface area (Å²) in [5.41, 5.74) is 1.79. The fourth-order valence-corrected chi connectivity index (χ4v) is 4.03. The van der Waals surface area contributed by atoms with Gasteiger partial charge in [0.05, 0.1) is 0 Å². The Balaban J connectivity index is 1.47. The first-order valence-corrected chi connectivity index (χ1v) is 9.89. The van der Waals surface area contributed by atoms with Crippen molar-refractivity contribution in [3.8, 4) is 11.4 Å². The van der Waals surface area contributed by atoms with Crippen molar-refractivity contribution >= 4 is 11.7 Å². The van der Waals surface area contributed by atoms with Crippen molar-refractivity contribution in [2.24, 2.45) is 0 Å². The lowest BCUT2D eigenvalue weighted by Crippen LogP contribution is -2.39. The highest BCUT2D eigenvalue weighted by atomic mass is 16.2. The van der Waals surface area contributed by atoms with Crippen LogP contribution in [0.25, 0.3) is 11.4 Å². The minimum Gasteiger partial charge on any atom is -0.335 e. The van der Waals surface area contributed by atoms with Crippen molar-refractivity contribution in [1.29, 1.82) is 0 Å². The Kier molecular flexibility index (Phi) is 5.18. The molecular formula is C20H27N5O. The number of hydrogen-bond acceptors (Lipinski definition) is 3. The van der Waals surface area contributed by atoms with Crippen LogP contribution >= 0.6 is 0 Å². The lowest BCUT2D eigenvalue weighted by atomic mass is 9.96. The molecule has 6 nitrogen and oxygen atoms in total. The maximum atomic E-state index is 12.3. The molecule has 0 atom stereocenters. The van der Waals surface area contributed by atoms with Crippen LogP contribution in [0.15, 0.2) is 24.3 Å². The van der Waals surface area contributed by atoms with Crippen LogP contribution in [0.4, 0.5) is 10.5 Å². The van der Waals surface area contributed by atoms with Crippen LogP contribution in [0.2, 0.25) is 0 Å². The Morgan fingerprint density at radius 1 is 1.04 bits per heavy atom. The van der Waals surface area contributed by atoms with Crippen LogP contribution in [0.5, 0.6) is 0 Å². The standard InChI is InChI=1S/C20H27N5O/c26-20(21-16-9-3-1-4-10-16)22-17-11-7-8-15(14-17)19-24-23-18-12-5-2-6-13-25(18)19/h7-8,11,14,16H,1-6,9-10,12-13H2,(H2,21,22,26). The summed E-state index contributed by atoms with van der Waals surface area (Å²) < 4.78 is 2.23. The predicted molar refractivity (Wildman–Crippen MR) is 102 cm³/mol. The fourth-order valence-electron chi connectivity index (χ4n) is 4.03. The summed E-state index contributed by atoms with van der Waals surface area (Å²) in [4.78, 5) is 12.3.